The second-order valence-electron chi connectivity index (χ2n) is 16.8. The van der Waals surface area contributed by atoms with E-state index in [1.54, 1.807) is 0 Å². The summed E-state index contributed by atoms with van der Waals surface area (Å²) in [6, 6.07) is 4.10. The van der Waals surface area contributed by atoms with Gasteiger partial charge in [0.05, 0.1) is 6.61 Å². The fourth-order valence-corrected chi connectivity index (χ4v) is 9.03. The minimum absolute atomic E-state index is 0.0739. The average molecular weight is 661 g/mol. The molecule has 0 unspecified atom stereocenters. The minimum atomic E-state index is -1.25. The lowest BCUT2D eigenvalue weighted by Crippen LogP contribution is -2.45. The number of aryl methyl sites for hydroxylation is 1. The molecule has 2 aliphatic rings. The molecule has 2 atom stereocenters. The lowest BCUT2D eigenvalue weighted by atomic mass is 9.50. The van der Waals surface area contributed by atoms with Gasteiger partial charge in [0.2, 0.25) is 0 Å². The van der Waals surface area contributed by atoms with Crippen LogP contribution in [0.25, 0.3) is 0 Å². The maximum Gasteiger partial charge on any atom is 0.342 e. The summed E-state index contributed by atoms with van der Waals surface area (Å²) in [6.07, 6.45) is 6.65. The maximum absolute atomic E-state index is 13.5. The molecule has 0 spiro atoms. The molecule has 3 rings (SSSR count). The van der Waals surface area contributed by atoms with Crippen LogP contribution < -0.4 is 9.47 Å². The lowest BCUT2D eigenvalue weighted by Gasteiger charge is -2.55. The fraction of sp³-hybridized carbons (Fsp3) is 0.757. The zero-order valence-corrected chi connectivity index (χ0v) is 32.8. The number of hydrogen-bond donors (Lipinski definition) is 0. The third kappa shape index (κ3) is 10.2. The van der Waals surface area contributed by atoms with Crippen LogP contribution in [0.3, 0.4) is 0 Å². The Morgan fingerprint density at radius 1 is 0.911 bits per heavy atom. The zero-order valence-electron chi connectivity index (χ0n) is 30.8. The molecule has 0 aromatic heterocycles. The Labute approximate surface area is 277 Å². The summed E-state index contributed by atoms with van der Waals surface area (Å²) < 4.78 is 30.5. The molecule has 45 heavy (non-hydrogen) atoms. The fourth-order valence-electron chi connectivity index (χ4n) is 7.51. The van der Waals surface area contributed by atoms with Gasteiger partial charge in [-0.3, -0.25) is 0 Å². The molecular formula is C37H64O6Si2. The second kappa shape index (κ2) is 15.5. The number of hydrogen-bond acceptors (Lipinski definition) is 6. The molecule has 0 N–H and O–H groups in total. The summed E-state index contributed by atoms with van der Waals surface area (Å²) in [6.45, 7) is 29.4. The van der Waals surface area contributed by atoms with Crippen LogP contribution >= 0.6 is 0 Å². The molecule has 8 heteroatoms. The molecule has 256 valence electrons. The van der Waals surface area contributed by atoms with Gasteiger partial charge in [0.25, 0.3) is 0 Å². The van der Waals surface area contributed by atoms with Crippen LogP contribution in [-0.4, -0.2) is 55.5 Å². The van der Waals surface area contributed by atoms with E-state index >= 15 is 0 Å². The number of ether oxygens (including phenoxy) is 5. The van der Waals surface area contributed by atoms with E-state index in [2.05, 4.69) is 67.0 Å². The number of carbonyl (C=O) groups excluding carboxylic acids is 1. The second-order valence-corrected chi connectivity index (χ2v) is 28.1. The minimum Gasteiger partial charge on any atom is -0.467 e. The maximum atomic E-state index is 13.5. The number of esters is 1. The Balaban J connectivity index is 2.07. The van der Waals surface area contributed by atoms with Crippen LogP contribution in [0.5, 0.6) is 11.5 Å². The van der Waals surface area contributed by atoms with Crippen molar-refractivity contribution in [1.29, 1.82) is 0 Å². The van der Waals surface area contributed by atoms with Gasteiger partial charge in [0.1, 0.15) is 17.1 Å². The molecule has 1 fully saturated rings. The van der Waals surface area contributed by atoms with E-state index in [4.69, 9.17) is 23.7 Å². The Morgan fingerprint density at radius 3 is 2.09 bits per heavy atom. The Kier molecular flexibility index (Phi) is 13.1. The van der Waals surface area contributed by atoms with E-state index < -0.39 is 16.1 Å². The normalized spacial score (nSPS) is 21.8. The topological polar surface area (TPSA) is 63.2 Å². The SMILES string of the molecule is CCOC(=O)c1c(C)cc(OCOCC[Si](C)(C)C)c(CC2=C(C)CC[C@H]3C(C)(C)CCC[C@]23C)c1OCOCC[Si](C)(C)C. The predicted octanol–water partition coefficient (Wildman–Crippen LogP) is 10.0. The first-order valence-corrected chi connectivity index (χ1v) is 24.7. The summed E-state index contributed by atoms with van der Waals surface area (Å²) in [5, 5.41) is 0. The Hall–Kier alpha value is -1.62. The number of benzene rings is 1. The third-order valence-electron chi connectivity index (χ3n) is 10.2. The summed E-state index contributed by atoms with van der Waals surface area (Å²) in [7, 11) is -2.48. The molecule has 0 aliphatic heterocycles. The van der Waals surface area contributed by atoms with Gasteiger partial charge in [-0.15, -0.1) is 0 Å². The van der Waals surface area contributed by atoms with Gasteiger partial charge >= 0.3 is 5.97 Å². The quantitative estimate of drug-likeness (QED) is 0.0578. The largest absolute Gasteiger partial charge is 0.467 e. The van der Waals surface area contributed by atoms with E-state index in [0.29, 0.717) is 49.2 Å². The van der Waals surface area contributed by atoms with Crippen molar-refractivity contribution in [2.75, 3.05) is 33.4 Å². The Bertz CT molecular complexity index is 1190. The van der Waals surface area contributed by atoms with Crippen LogP contribution in [0.4, 0.5) is 0 Å². The highest BCUT2D eigenvalue weighted by atomic mass is 28.3. The van der Waals surface area contributed by atoms with Crippen molar-refractivity contribution in [3.8, 4) is 11.5 Å². The van der Waals surface area contributed by atoms with Crippen molar-refractivity contribution < 1.29 is 28.5 Å². The van der Waals surface area contributed by atoms with Crippen molar-refractivity contribution in [1.82, 2.24) is 0 Å². The third-order valence-corrected chi connectivity index (χ3v) is 13.6. The van der Waals surface area contributed by atoms with Crippen molar-refractivity contribution in [2.45, 2.75) is 131 Å². The molecule has 2 aliphatic carbocycles. The van der Waals surface area contributed by atoms with Gasteiger partial charge in [-0.2, -0.15) is 0 Å². The highest BCUT2D eigenvalue weighted by molar-refractivity contribution is 6.76. The lowest BCUT2D eigenvalue weighted by molar-refractivity contribution is 0.00928. The molecule has 0 bridgehead atoms. The van der Waals surface area contributed by atoms with Gasteiger partial charge in [0.15, 0.2) is 13.6 Å². The van der Waals surface area contributed by atoms with Gasteiger partial charge in [0, 0.05) is 41.3 Å². The summed E-state index contributed by atoms with van der Waals surface area (Å²) in [4.78, 5) is 13.5. The van der Waals surface area contributed by atoms with Crippen molar-refractivity contribution >= 4 is 22.1 Å². The Morgan fingerprint density at radius 2 is 1.51 bits per heavy atom. The van der Waals surface area contributed by atoms with E-state index in [0.717, 1.165) is 29.6 Å². The molecule has 1 saturated carbocycles. The first-order valence-electron chi connectivity index (χ1n) is 17.3. The van der Waals surface area contributed by atoms with Crippen LogP contribution in [0.2, 0.25) is 51.4 Å². The van der Waals surface area contributed by atoms with Gasteiger partial charge < -0.3 is 23.7 Å². The number of rotatable bonds is 16. The van der Waals surface area contributed by atoms with E-state index in [1.807, 2.05) is 19.9 Å². The van der Waals surface area contributed by atoms with E-state index in [1.165, 1.54) is 36.8 Å². The van der Waals surface area contributed by atoms with Gasteiger partial charge in [-0.25, -0.2) is 4.79 Å². The number of carbonyl (C=O) groups is 1. The van der Waals surface area contributed by atoms with Crippen molar-refractivity contribution in [2.24, 2.45) is 16.7 Å². The number of allylic oxidation sites excluding steroid dienone is 2. The van der Waals surface area contributed by atoms with E-state index in [-0.39, 0.29) is 30.4 Å². The molecule has 0 saturated heterocycles. The van der Waals surface area contributed by atoms with Crippen LogP contribution in [0.15, 0.2) is 17.2 Å². The average Bonchev–Trinajstić information content (AvgIpc) is 2.89. The van der Waals surface area contributed by atoms with Crippen molar-refractivity contribution in [3.63, 3.8) is 0 Å². The number of fused-ring (bicyclic) bond motifs is 1. The van der Waals surface area contributed by atoms with Crippen LogP contribution in [-0.2, 0) is 20.6 Å². The highest BCUT2D eigenvalue weighted by Crippen LogP contribution is 2.60. The monoisotopic (exact) mass is 660 g/mol. The van der Waals surface area contributed by atoms with E-state index in [9.17, 15) is 4.79 Å². The first kappa shape index (κ1) is 37.8. The summed E-state index contributed by atoms with van der Waals surface area (Å²) >= 11 is 0. The van der Waals surface area contributed by atoms with Gasteiger partial charge in [-0.1, -0.05) is 77.6 Å². The molecule has 1 aromatic carbocycles. The molecule has 0 amide bonds. The molecule has 6 nitrogen and oxygen atoms in total. The zero-order chi connectivity index (χ0) is 33.6. The summed E-state index contributed by atoms with van der Waals surface area (Å²) in [5.74, 6) is 1.48. The highest BCUT2D eigenvalue weighted by Gasteiger charge is 2.50. The molecule has 1 aromatic rings. The standard InChI is InChI=1S/C37H64O6Si2/c1-13-41-35(38)33-28(3)23-31(42-25-39-19-21-44(7,8)9)29(34(33)43-26-40-20-22-45(10,11)12)24-30-27(2)15-16-32-36(4,5)17-14-18-37(30,32)6/h23,32H,13-22,24-26H2,1-12H3/t32-,37+/m0/s1. The smallest absolute Gasteiger partial charge is 0.342 e. The van der Waals surface area contributed by atoms with Crippen LogP contribution in [0, 0.1) is 23.7 Å². The first-order chi connectivity index (χ1) is 20.9. The molecule has 0 heterocycles. The predicted molar refractivity (Wildman–Crippen MR) is 191 cm³/mol. The van der Waals surface area contributed by atoms with Crippen LogP contribution in [0.1, 0.15) is 88.2 Å². The summed E-state index contributed by atoms with van der Waals surface area (Å²) in [5.41, 5.74) is 5.42. The molecular weight excluding hydrogens is 597 g/mol. The van der Waals surface area contributed by atoms with Gasteiger partial charge in [-0.05, 0) is 86.9 Å². The van der Waals surface area contributed by atoms with Crippen molar-refractivity contribution in [3.05, 3.63) is 33.9 Å². The molecule has 0 radical (unpaired) electrons.